The van der Waals surface area contributed by atoms with Crippen LogP contribution in [0.2, 0.25) is 0 Å². The molecule has 86 valence electrons. The molecule has 1 heterocycles. The number of rotatable bonds is 4. The van der Waals surface area contributed by atoms with Crippen molar-refractivity contribution in [2.24, 2.45) is 0 Å². The number of amides is 2. The molecule has 1 atom stereocenters. The first-order valence-corrected chi connectivity index (χ1v) is 5.20. The van der Waals surface area contributed by atoms with Gasteiger partial charge in [0.05, 0.1) is 6.54 Å². The molecule has 1 aliphatic heterocycles. The van der Waals surface area contributed by atoms with E-state index in [4.69, 9.17) is 4.74 Å². The molecule has 1 N–H and O–H groups in total. The molecule has 1 fully saturated rings. The molecule has 0 aliphatic carbocycles. The molecular formula is C10H18N2O3. The number of methoxy groups -OCH3 is 1. The average Bonchev–Trinajstić information content (AvgIpc) is 2.38. The Kier molecular flexibility index (Phi) is 4.55. The van der Waals surface area contributed by atoms with Gasteiger partial charge >= 0.3 is 0 Å². The van der Waals surface area contributed by atoms with Gasteiger partial charge in [0.1, 0.15) is 0 Å². The molecular weight excluding hydrogens is 196 g/mol. The molecule has 2 amide bonds. The Labute approximate surface area is 89.8 Å². The van der Waals surface area contributed by atoms with Crippen LogP contribution < -0.4 is 5.32 Å². The summed E-state index contributed by atoms with van der Waals surface area (Å²) in [6.07, 6.45) is 1.19. The van der Waals surface area contributed by atoms with Gasteiger partial charge in [-0.3, -0.25) is 9.59 Å². The van der Waals surface area contributed by atoms with E-state index in [2.05, 4.69) is 5.32 Å². The zero-order valence-corrected chi connectivity index (χ0v) is 9.28. The van der Waals surface area contributed by atoms with E-state index in [0.717, 1.165) is 6.42 Å². The number of hydrogen-bond donors (Lipinski definition) is 1. The minimum atomic E-state index is -0.0511. The summed E-state index contributed by atoms with van der Waals surface area (Å²) < 4.78 is 4.97. The van der Waals surface area contributed by atoms with Crippen molar-refractivity contribution in [3.05, 3.63) is 0 Å². The topological polar surface area (TPSA) is 58.6 Å². The monoisotopic (exact) mass is 214 g/mol. The van der Waals surface area contributed by atoms with Crippen LogP contribution in [0.3, 0.4) is 0 Å². The number of nitrogens with zero attached hydrogens (tertiary/aromatic N) is 1. The highest BCUT2D eigenvalue weighted by Crippen LogP contribution is 2.07. The second-order valence-corrected chi connectivity index (χ2v) is 3.74. The van der Waals surface area contributed by atoms with E-state index in [9.17, 15) is 9.59 Å². The van der Waals surface area contributed by atoms with Crippen LogP contribution in [0.25, 0.3) is 0 Å². The van der Waals surface area contributed by atoms with Gasteiger partial charge in [0.2, 0.25) is 11.8 Å². The maximum absolute atomic E-state index is 11.6. The maximum Gasteiger partial charge on any atom is 0.242 e. The van der Waals surface area contributed by atoms with Crippen molar-refractivity contribution in [3.8, 4) is 0 Å². The molecule has 0 aromatic carbocycles. The van der Waals surface area contributed by atoms with Gasteiger partial charge in [-0.2, -0.15) is 0 Å². The van der Waals surface area contributed by atoms with Gasteiger partial charge in [0.25, 0.3) is 0 Å². The SMILES string of the molecule is COCCC(C)N1CCC(=O)NCC1=O. The van der Waals surface area contributed by atoms with E-state index in [0.29, 0.717) is 19.6 Å². The summed E-state index contributed by atoms with van der Waals surface area (Å²) in [5.74, 6) is -0.0609. The van der Waals surface area contributed by atoms with E-state index >= 15 is 0 Å². The van der Waals surface area contributed by atoms with Gasteiger partial charge < -0.3 is 15.0 Å². The lowest BCUT2D eigenvalue weighted by molar-refractivity contribution is -0.132. The van der Waals surface area contributed by atoms with Crippen molar-refractivity contribution in [2.45, 2.75) is 25.8 Å². The molecule has 5 heteroatoms. The minimum Gasteiger partial charge on any atom is -0.385 e. The Hall–Kier alpha value is -1.10. The zero-order valence-electron chi connectivity index (χ0n) is 9.28. The summed E-state index contributed by atoms with van der Waals surface area (Å²) in [7, 11) is 1.64. The first kappa shape index (κ1) is 12.0. The quantitative estimate of drug-likeness (QED) is 0.702. The summed E-state index contributed by atoms with van der Waals surface area (Å²) in [5, 5.41) is 2.57. The summed E-state index contributed by atoms with van der Waals surface area (Å²) in [6, 6.07) is 0.130. The summed E-state index contributed by atoms with van der Waals surface area (Å²) >= 11 is 0. The fourth-order valence-electron chi connectivity index (χ4n) is 1.62. The predicted octanol–water partition coefficient (Wildman–Crippen LogP) is -0.240. The number of hydrogen-bond acceptors (Lipinski definition) is 3. The zero-order chi connectivity index (χ0) is 11.3. The van der Waals surface area contributed by atoms with Gasteiger partial charge in [-0.25, -0.2) is 0 Å². The van der Waals surface area contributed by atoms with Crippen LogP contribution in [0.5, 0.6) is 0 Å². The van der Waals surface area contributed by atoms with Crippen LogP contribution >= 0.6 is 0 Å². The largest absolute Gasteiger partial charge is 0.385 e. The second-order valence-electron chi connectivity index (χ2n) is 3.74. The third kappa shape index (κ3) is 3.51. The first-order valence-electron chi connectivity index (χ1n) is 5.20. The van der Waals surface area contributed by atoms with E-state index in [-0.39, 0.29) is 24.4 Å². The average molecular weight is 214 g/mol. The molecule has 0 saturated carbocycles. The van der Waals surface area contributed by atoms with Crippen LogP contribution in [-0.2, 0) is 14.3 Å². The lowest BCUT2D eigenvalue weighted by atomic mass is 10.2. The molecule has 0 spiro atoms. The molecule has 0 aromatic rings. The van der Waals surface area contributed by atoms with Crippen molar-refractivity contribution in [1.82, 2.24) is 10.2 Å². The highest BCUT2D eigenvalue weighted by molar-refractivity contribution is 5.87. The van der Waals surface area contributed by atoms with Crippen molar-refractivity contribution in [1.29, 1.82) is 0 Å². The number of ether oxygens (including phenoxy) is 1. The van der Waals surface area contributed by atoms with Gasteiger partial charge in [0.15, 0.2) is 0 Å². The fourth-order valence-corrected chi connectivity index (χ4v) is 1.62. The molecule has 0 radical (unpaired) electrons. The fraction of sp³-hybridized carbons (Fsp3) is 0.800. The Morgan fingerprint density at radius 3 is 2.93 bits per heavy atom. The molecule has 5 nitrogen and oxygen atoms in total. The summed E-state index contributed by atoms with van der Waals surface area (Å²) in [5.41, 5.74) is 0. The molecule has 1 rings (SSSR count). The Morgan fingerprint density at radius 1 is 1.53 bits per heavy atom. The number of carbonyl (C=O) groups is 2. The van der Waals surface area contributed by atoms with Crippen LogP contribution in [0.15, 0.2) is 0 Å². The normalized spacial score (nSPS) is 19.7. The van der Waals surface area contributed by atoms with E-state index in [1.165, 1.54) is 0 Å². The molecule has 0 bridgehead atoms. The second kappa shape index (κ2) is 5.70. The van der Waals surface area contributed by atoms with Crippen molar-refractivity contribution < 1.29 is 14.3 Å². The van der Waals surface area contributed by atoms with Crippen molar-refractivity contribution in [2.75, 3.05) is 26.8 Å². The Balaban J connectivity index is 2.50. The van der Waals surface area contributed by atoms with E-state index in [1.54, 1.807) is 12.0 Å². The van der Waals surface area contributed by atoms with Crippen molar-refractivity contribution in [3.63, 3.8) is 0 Å². The van der Waals surface area contributed by atoms with Gasteiger partial charge in [-0.05, 0) is 13.3 Å². The van der Waals surface area contributed by atoms with Gasteiger partial charge in [0, 0.05) is 32.7 Å². The lowest BCUT2D eigenvalue weighted by Crippen LogP contribution is -2.41. The highest BCUT2D eigenvalue weighted by Gasteiger charge is 2.23. The van der Waals surface area contributed by atoms with Crippen LogP contribution in [0, 0.1) is 0 Å². The first-order chi connectivity index (χ1) is 7.15. The highest BCUT2D eigenvalue weighted by atomic mass is 16.5. The number of nitrogens with one attached hydrogen (secondary N) is 1. The van der Waals surface area contributed by atoms with Crippen LogP contribution in [-0.4, -0.2) is 49.6 Å². The third-order valence-electron chi connectivity index (χ3n) is 2.61. The standard InChI is InChI=1S/C10H18N2O3/c1-8(4-6-15-2)12-5-3-9(13)11-7-10(12)14/h8H,3-7H2,1-2H3,(H,11,13). The molecule has 1 unspecified atom stereocenters. The molecule has 1 saturated heterocycles. The van der Waals surface area contributed by atoms with E-state index in [1.807, 2.05) is 6.92 Å². The molecule has 15 heavy (non-hydrogen) atoms. The summed E-state index contributed by atoms with van der Waals surface area (Å²) in [4.78, 5) is 24.5. The number of carbonyl (C=O) groups excluding carboxylic acids is 2. The molecule has 0 aromatic heterocycles. The van der Waals surface area contributed by atoms with Crippen molar-refractivity contribution >= 4 is 11.8 Å². The smallest absolute Gasteiger partial charge is 0.242 e. The van der Waals surface area contributed by atoms with Crippen LogP contribution in [0.1, 0.15) is 19.8 Å². The minimum absolute atomic E-state index is 0.00977. The molecule has 1 aliphatic rings. The van der Waals surface area contributed by atoms with Gasteiger partial charge in [-0.15, -0.1) is 0 Å². The van der Waals surface area contributed by atoms with E-state index < -0.39 is 0 Å². The van der Waals surface area contributed by atoms with Gasteiger partial charge in [-0.1, -0.05) is 0 Å². The Bertz CT molecular complexity index is 243. The lowest BCUT2D eigenvalue weighted by Gasteiger charge is -2.27. The predicted molar refractivity (Wildman–Crippen MR) is 55.3 cm³/mol. The summed E-state index contributed by atoms with van der Waals surface area (Å²) in [6.45, 7) is 3.24. The third-order valence-corrected chi connectivity index (χ3v) is 2.61. The van der Waals surface area contributed by atoms with Crippen LogP contribution in [0.4, 0.5) is 0 Å². The maximum atomic E-state index is 11.6. The Morgan fingerprint density at radius 2 is 2.27 bits per heavy atom.